The number of aryl methyl sites for hydroxylation is 2. The number of nitrogens with one attached hydrogen (secondary N) is 1. The van der Waals surface area contributed by atoms with Crippen LogP contribution in [-0.4, -0.2) is 26.4 Å². The number of aromatic nitrogens is 3. The van der Waals surface area contributed by atoms with Crippen molar-refractivity contribution in [2.24, 2.45) is 7.05 Å². The summed E-state index contributed by atoms with van der Waals surface area (Å²) in [6.45, 7) is 4.23. The van der Waals surface area contributed by atoms with Gasteiger partial charge in [0, 0.05) is 17.8 Å². The first kappa shape index (κ1) is 20.2. The first-order valence-corrected chi connectivity index (χ1v) is 10.1. The van der Waals surface area contributed by atoms with Crippen LogP contribution in [-0.2, 0) is 18.4 Å². The van der Waals surface area contributed by atoms with Crippen LogP contribution in [0.5, 0.6) is 5.75 Å². The number of para-hydroxylation sites is 1. The van der Waals surface area contributed by atoms with Crippen LogP contribution in [0.4, 0.5) is 5.69 Å². The summed E-state index contributed by atoms with van der Waals surface area (Å²) in [5, 5.41) is 12.6. The second kappa shape index (κ2) is 9.12. The minimum absolute atomic E-state index is 0.0793. The molecule has 0 unspecified atom stereocenters. The maximum absolute atomic E-state index is 12.3. The van der Waals surface area contributed by atoms with Crippen molar-refractivity contribution in [3.8, 4) is 5.75 Å². The van der Waals surface area contributed by atoms with E-state index in [-0.39, 0.29) is 18.3 Å². The van der Waals surface area contributed by atoms with Crippen molar-refractivity contribution in [3.05, 3.63) is 64.4 Å². The predicted octanol–water partition coefficient (Wildman–Crippen LogP) is 4.40. The number of hydrogen-bond acceptors (Lipinski definition) is 5. The number of thioether (sulfide) groups is 1. The Balaban J connectivity index is 1.55. The molecule has 0 fully saturated rings. The molecule has 0 saturated heterocycles. The van der Waals surface area contributed by atoms with Crippen LogP contribution in [0.3, 0.4) is 0 Å². The van der Waals surface area contributed by atoms with Crippen LogP contribution < -0.4 is 10.1 Å². The number of nitrogens with zero attached hydrogens (tertiary/aromatic N) is 3. The second-order valence-corrected chi connectivity index (χ2v) is 7.68. The zero-order chi connectivity index (χ0) is 20.1. The zero-order valence-electron chi connectivity index (χ0n) is 15.9. The molecule has 6 nitrogen and oxygen atoms in total. The van der Waals surface area contributed by atoms with Gasteiger partial charge in [-0.1, -0.05) is 41.6 Å². The normalized spacial score (nSPS) is 10.7. The van der Waals surface area contributed by atoms with E-state index in [9.17, 15) is 4.79 Å². The summed E-state index contributed by atoms with van der Waals surface area (Å²) in [4.78, 5) is 12.3. The van der Waals surface area contributed by atoms with E-state index in [2.05, 4.69) is 15.5 Å². The molecule has 0 aliphatic heterocycles. The Labute approximate surface area is 173 Å². The molecule has 2 aromatic carbocycles. The van der Waals surface area contributed by atoms with E-state index in [0.29, 0.717) is 21.8 Å². The summed E-state index contributed by atoms with van der Waals surface area (Å²) < 4.78 is 7.53. The molecule has 0 saturated carbocycles. The number of carbonyl (C=O) groups is 1. The fourth-order valence-corrected chi connectivity index (χ4v) is 3.45. The molecule has 0 spiro atoms. The number of benzene rings is 2. The van der Waals surface area contributed by atoms with Crippen LogP contribution in [0.2, 0.25) is 5.02 Å². The lowest BCUT2D eigenvalue weighted by molar-refractivity contribution is -0.113. The van der Waals surface area contributed by atoms with Crippen molar-refractivity contribution in [1.29, 1.82) is 0 Å². The lowest BCUT2D eigenvalue weighted by atomic mass is 10.1. The van der Waals surface area contributed by atoms with E-state index in [1.54, 1.807) is 24.3 Å². The molecule has 3 aromatic rings. The van der Waals surface area contributed by atoms with Gasteiger partial charge in [-0.15, -0.1) is 10.2 Å². The van der Waals surface area contributed by atoms with Crippen molar-refractivity contribution < 1.29 is 9.53 Å². The van der Waals surface area contributed by atoms with Crippen molar-refractivity contribution in [1.82, 2.24) is 14.8 Å². The fraction of sp³-hybridized carbons (Fsp3) is 0.250. The van der Waals surface area contributed by atoms with Crippen molar-refractivity contribution in [3.63, 3.8) is 0 Å². The summed E-state index contributed by atoms with van der Waals surface area (Å²) in [7, 11) is 1.85. The third kappa shape index (κ3) is 5.05. The zero-order valence-corrected chi connectivity index (χ0v) is 17.5. The molecule has 3 rings (SSSR count). The summed E-state index contributed by atoms with van der Waals surface area (Å²) in [6.07, 6.45) is 0. The van der Waals surface area contributed by atoms with Gasteiger partial charge in [0.15, 0.2) is 11.0 Å². The summed E-state index contributed by atoms with van der Waals surface area (Å²) in [6, 6.07) is 13.1. The molecule has 1 N–H and O–H groups in total. The lowest BCUT2D eigenvalue weighted by Crippen LogP contribution is -2.16. The first-order valence-electron chi connectivity index (χ1n) is 8.69. The topological polar surface area (TPSA) is 69.0 Å². The first-order chi connectivity index (χ1) is 13.4. The van der Waals surface area contributed by atoms with Crippen LogP contribution in [0.1, 0.15) is 17.0 Å². The largest absolute Gasteiger partial charge is 0.486 e. The van der Waals surface area contributed by atoms with Crippen LogP contribution in [0.25, 0.3) is 0 Å². The smallest absolute Gasteiger partial charge is 0.234 e. The molecule has 1 heterocycles. The van der Waals surface area contributed by atoms with Crippen LogP contribution >= 0.6 is 23.4 Å². The summed E-state index contributed by atoms with van der Waals surface area (Å²) >= 11 is 7.20. The molecular weight excluding hydrogens is 396 g/mol. The molecule has 8 heteroatoms. The molecular formula is C20H21ClN4O2S. The van der Waals surface area contributed by atoms with Gasteiger partial charge in [0.05, 0.1) is 5.75 Å². The van der Waals surface area contributed by atoms with Gasteiger partial charge in [0.1, 0.15) is 12.4 Å². The molecule has 0 aliphatic carbocycles. The van der Waals surface area contributed by atoms with E-state index in [1.807, 2.05) is 43.7 Å². The predicted molar refractivity (Wildman–Crippen MR) is 112 cm³/mol. The van der Waals surface area contributed by atoms with Gasteiger partial charge in [-0.3, -0.25) is 4.79 Å². The van der Waals surface area contributed by atoms with Gasteiger partial charge in [-0.2, -0.15) is 0 Å². The fourth-order valence-electron chi connectivity index (χ4n) is 2.59. The number of rotatable bonds is 7. The Morgan fingerprint density at radius 2 is 1.82 bits per heavy atom. The maximum Gasteiger partial charge on any atom is 0.234 e. The highest BCUT2D eigenvalue weighted by atomic mass is 35.5. The quantitative estimate of drug-likeness (QED) is 0.578. The average molecular weight is 417 g/mol. The third-order valence-electron chi connectivity index (χ3n) is 4.18. The lowest BCUT2D eigenvalue weighted by Gasteiger charge is -2.11. The highest BCUT2D eigenvalue weighted by Gasteiger charge is 2.13. The molecule has 1 amide bonds. The Hall–Kier alpha value is -2.51. The Kier molecular flexibility index (Phi) is 6.59. The second-order valence-electron chi connectivity index (χ2n) is 6.30. The van der Waals surface area contributed by atoms with E-state index >= 15 is 0 Å². The Morgan fingerprint density at radius 1 is 1.14 bits per heavy atom. The number of ether oxygens (including phenoxy) is 1. The summed E-state index contributed by atoms with van der Waals surface area (Å²) in [5.41, 5.74) is 2.94. The Morgan fingerprint density at radius 3 is 2.50 bits per heavy atom. The molecule has 0 atom stereocenters. The van der Waals surface area contributed by atoms with Gasteiger partial charge >= 0.3 is 0 Å². The molecule has 28 heavy (non-hydrogen) atoms. The van der Waals surface area contributed by atoms with Crippen molar-refractivity contribution >= 4 is 35.0 Å². The van der Waals surface area contributed by atoms with E-state index in [4.69, 9.17) is 16.3 Å². The number of amides is 1. The van der Waals surface area contributed by atoms with Crippen LogP contribution in [0, 0.1) is 13.8 Å². The SMILES string of the molecule is Cc1cccc(C)c1NC(=O)CSc1nnc(COc2ccc(Cl)cc2)n1C. The van der Waals surface area contributed by atoms with E-state index in [1.165, 1.54) is 11.8 Å². The number of carbonyl (C=O) groups excluding carboxylic acids is 1. The molecule has 1 aromatic heterocycles. The van der Waals surface area contributed by atoms with Gasteiger partial charge in [-0.05, 0) is 49.2 Å². The molecule has 0 radical (unpaired) electrons. The number of halogens is 1. The van der Waals surface area contributed by atoms with Gasteiger partial charge < -0.3 is 14.6 Å². The monoisotopic (exact) mass is 416 g/mol. The third-order valence-corrected chi connectivity index (χ3v) is 5.46. The molecule has 0 aliphatic rings. The van der Waals surface area contributed by atoms with Crippen molar-refractivity contribution in [2.75, 3.05) is 11.1 Å². The highest BCUT2D eigenvalue weighted by Crippen LogP contribution is 2.22. The van der Waals surface area contributed by atoms with Gasteiger partial charge in [0.2, 0.25) is 5.91 Å². The number of hydrogen-bond donors (Lipinski definition) is 1. The highest BCUT2D eigenvalue weighted by molar-refractivity contribution is 7.99. The maximum atomic E-state index is 12.3. The summed E-state index contributed by atoms with van der Waals surface area (Å²) in [5.74, 6) is 1.55. The molecule has 0 bridgehead atoms. The van der Waals surface area contributed by atoms with Gasteiger partial charge in [-0.25, -0.2) is 0 Å². The minimum Gasteiger partial charge on any atom is -0.486 e. The van der Waals surface area contributed by atoms with Crippen molar-refractivity contribution in [2.45, 2.75) is 25.6 Å². The standard InChI is InChI=1S/C20H21ClN4O2S/c1-13-5-4-6-14(2)19(13)22-18(26)12-28-20-24-23-17(25(20)3)11-27-16-9-7-15(21)8-10-16/h4-10H,11-12H2,1-3H3,(H,22,26). The minimum atomic E-state index is -0.0793. The number of anilines is 1. The average Bonchev–Trinajstić information content (AvgIpc) is 3.02. The van der Waals surface area contributed by atoms with Crippen LogP contribution in [0.15, 0.2) is 47.6 Å². The van der Waals surface area contributed by atoms with E-state index in [0.717, 1.165) is 16.8 Å². The molecule has 146 valence electrons. The Bertz CT molecular complexity index is 953. The van der Waals surface area contributed by atoms with Gasteiger partial charge in [0.25, 0.3) is 0 Å². The van der Waals surface area contributed by atoms with E-state index < -0.39 is 0 Å².